The average molecular weight is 624 g/mol. The highest BCUT2D eigenvalue weighted by Gasteiger charge is 2.38. The van der Waals surface area contributed by atoms with Gasteiger partial charge in [-0.3, -0.25) is 29.0 Å². The van der Waals surface area contributed by atoms with Crippen molar-refractivity contribution in [2.75, 3.05) is 67.5 Å². The van der Waals surface area contributed by atoms with Crippen LogP contribution in [0.3, 0.4) is 0 Å². The third-order valence-corrected chi connectivity index (χ3v) is 6.92. The van der Waals surface area contributed by atoms with E-state index < -0.39 is 0 Å². The Labute approximate surface area is 233 Å². The number of imide groups is 2. The Hall–Kier alpha value is -2.40. The average Bonchev–Trinajstić information content (AvgIpc) is 3.20. The lowest BCUT2D eigenvalue weighted by atomic mass is 10.1. The number of quaternary nitrogens is 2. The highest BCUT2D eigenvalue weighted by molar-refractivity contribution is 6.22. The number of nitrogens with zero attached hydrogens (tertiary/aromatic N) is 4. The lowest BCUT2D eigenvalue weighted by Crippen LogP contribution is -3.00. The maximum Gasteiger partial charge on any atom is 0.261 e. The molecule has 0 fully saturated rings. The van der Waals surface area contributed by atoms with Crippen molar-refractivity contribution in [2.45, 2.75) is 0 Å². The summed E-state index contributed by atoms with van der Waals surface area (Å²) in [5.74, 6) is -0.898. The molecule has 0 atom stereocenters. The molecule has 0 aromatic heterocycles. The van der Waals surface area contributed by atoms with Crippen LogP contribution in [0.15, 0.2) is 48.5 Å². The zero-order valence-corrected chi connectivity index (χ0v) is 24.2. The number of benzene rings is 2. The topological polar surface area (TPSA) is 74.8 Å². The zero-order valence-electron chi connectivity index (χ0n) is 21.0. The minimum atomic E-state index is -0.224. The molecule has 8 nitrogen and oxygen atoms in total. The van der Waals surface area contributed by atoms with E-state index in [-0.39, 0.29) is 57.6 Å². The summed E-state index contributed by atoms with van der Waals surface area (Å²) in [5, 5.41) is 0. The Morgan fingerprint density at radius 3 is 1.00 bits per heavy atom. The molecule has 2 aromatic rings. The highest BCUT2D eigenvalue weighted by atomic mass is 79.9. The third kappa shape index (κ3) is 5.94. The van der Waals surface area contributed by atoms with Gasteiger partial charge < -0.3 is 42.9 Å². The monoisotopic (exact) mass is 622 g/mol. The summed E-state index contributed by atoms with van der Waals surface area (Å²) in [7, 11) is 8.34. The van der Waals surface area contributed by atoms with Crippen LogP contribution in [0.5, 0.6) is 0 Å². The number of rotatable bonds is 9. The molecule has 2 aliphatic rings. The van der Waals surface area contributed by atoms with Gasteiger partial charge in [0.2, 0.25) is 0 Å². The molecule has 0 N–H and O–H groups in total. The first-order valence-corrected chi connectivity index (χ1v) is 11.6. The first-order valence-electron chi connectivity index (χ1n) is 11.6. The van der Waals surface area contributed by atoms with E-state index in [1.165, 1.54) is 9.80 Å². The second kappa shape index (κ2) is 11.3. The van der Waals surface area contributed by atoms with Crippen molar-refractivity contribution in [3.8, 4) is 0 Å². The minimum Gasteiger partial charge on any atom is -1.00 e. The predicted molar refractivity (Wildman–Crippen MR) is 127 cm³/mol. The molecule has 0 spiro atoms. The highest BCUT2D eigenvalue weighted by Crippen LogP contribution is 2.23. The van der Waals surface area contributed by atoms with Crippen LogP contribution in [0.4, 0.5) is 0 Å². The zero-order chi connectivity index (χ0) is 24.7. The molecule has 10 heteroatoms. The van der Waals surface area contributed by atoms with E-state index in [0.717, 1.165) is 13.1 Å². The largest absolute Gasteiger partial charge is 1.00 e. The van der Waals surface area contributed by atoms with Gasteiger partial charge in [-0.25, -0.2) is 0 Å². The van der Waals surface area contributed by atoms with E-state index in [1.54, 1.807) is 48.5 Å². The maximum atomic E-state index is 12.6. The van der Waals surface area contributed by atoms with Crippen LogP contribution in [0.2, 0.25) is 0 Å². The molecule has 2 aliphatic heterocycles. The second-order valence-corrected chi connectivity index (χ2v) is 10.4. The van der Waals surface area contributed by atoms with Gasteiger partial charge in [-0.1, -0.05) is 24.3 Å². The van der Waals surface area contributed by atoms with Gasteiger partial charge in [-0.15, -0.1) is 0 Å². The summed E-state index contributed by atoms with van der Waals surface area (Å²) in [6.45, 7) is 3.65. The quantitative estimate of drug-likeness (QED) is 0.210. The summed E-state index contributed by atoms with van der Waals surface area (Å²) in [6, 6.07) is 13.9. The van der Waals surface area contributed by atoms with Gasteiger partial charge in [-0.2, -0.15) is 0 Å². The van der Waals surface area contributed by atoms with E-state index in [9.17, 15) is 19.2 Å². The van der Waals surface area contributed by atoms with Gasteiger partial charge in [-0.05, 0) is 24.3 Å². The Morgan fingerprint density at radius 2 is 0.750 bits per heavy atom. The van der Waals surface area contributed by atoms with E-state index >= 15 is 0 Å². The van der Waals surface area contributed by atoms with Gasteiger partial charge in [0.05, 0.1) is 76.6 Å². The molecule has 4 rings (SSSR count). The Morgan fingerprint density at radius 1 is 0.500 bits per heavy atom. The van der Waals surface area contributed by atoms with Crippen LogP contribution in [0.1, 0.15) is 41.4 Å². The normalized spacial score (nSPS) is 15.0. The van der Waals surface area contributed by atoms with Gasteiger partial charge in [0.15, 0.2) is 0 Å². The van der Waals surface area contributed by atoms with Crippen molar-refractivity contribution >= 4 is 23.6 Å². The van der Waals surface area contributed by atoms with E-state index in [4.69, 9.17) is 0 Å². The first-order chi connectivity index (χ1) is 16.0. The number of hydrogen-bond donors (Lipinski definition) is 0. The van der Waals surface area contributed by atoms with Crippen molar-refractivity contribution in [1.82, 2.24) is 9.80 Å². The Kier molecular flexibility index (Phi) is 9.39. The third-order valence-electron chi connectivity index (χ3n) is 6.92. The minimum absolute atomic E-state index is 0. The Balaban J connectivity index is 0.00000228. The van der Waals surface area contributed by atoms with Gasteiger partial charge >= 0.3 is 0 Å². The molecule has 0 aliphatic carbocycles. The molecular formula is C26H32Br2N4O4. The molecule has 0 radical (unpaired) electrons. The summed E-state index contributed by atoms with van der Waals surface area (Å²) >= 11 is 0. The number of carbonyl (C=O) groups excluding carboxylic acids is 4. The molecule has 0 unspecified atom stereocenters. The van der Waals surface area contributed by atoms with Crippen molar-refractivity contribution in [1.29, 1.82) is 0 Å². The van der Waals surface area contributed by atoms with Gasteiger partial charge in [0.1, 0.15) is 13.1 Å². The standard InChI is InChI=1S/C26H32N4O4.2BrH/c1-29(2,15-13-27-23(31)19-9-5-6-10-20(19)24(27)32)17-18-30(3,4)16-14-28-25(33)21-11-7-8-12-22(21)26(28)34;;/h5-12H,13-18H2,1-4H3;2*1H/q+2;;/p-2. The predicted octanol–water partition coefficient (Wildman–Crippen LogP) is -4.26. The van der Waals surface area contributed by atoms with Crippen LogP contribution in [0, 0.1) is 0 Å². The number of amides is 4. The van der Waals surface area contributed by atoms with Crippen molar-refractivity contribution < 1.29 is 62.1 Å². The van der Waals surface area contributed by atoms with Crippen molar-refractivity contribution in [2.24, 2.45) is 0 Å². The van der Waals surface area contributed by atoms with Crippen molar-refractivity contribution in [3.63, 3.8) is 0 Å². The van der Waals surface area contributed by atoms with Gasteiger partial charge in [0, 0.05) is 0 Å². The fourth-order valence-electron chi connectivity index (χ4n) is 4.39. The molecule has 2 heterocycles. The SMILES string of the molecule is C[N+](C)(CCN1C(=O)c2ccccc2C1=O)CC[N+](C)(C)CCN1C(=O)c2ccccc2C1=O.[Br-].[Br-]. The van der Waals surface area contributed by atoms with E-state index in [0.29, 0.717) is 57.4 Å². The molecule has 4 amide bonds. The number of likely N-dealkylation sites (N-methyl/N-ethyl adjacent to an activating group) is 2. The maximum absolute atomic E-state index is 12.6. The van der Waals surface area contributed by atoms with E-state index in [2.05, 4.69) is 28.2 Å². The summed E-state index contributed by atoms with van der Waals surface area (Å²) in [6.07, 6.45) is 0. The molecule has 2 aromatic carbocycles. The molecule has 0 saturated heterocycles. The lowest BCUT2D eigenvalue weighted by molar-refractivity contribution is -0.945. The van der Waals surface area contributed by atoms with Crippen LogP contribution in [0.25, 0.3) is 0 Å². The molecule has 36 heavy (non-hydrogen) atoms. The lowest BCUT2D eigenvalue weighted by Gasteiger charge is -2.36. The van der Waals surface area contributed by atoms with E-state index in [1.807, 2.05) is 0 Å². The molecule has 194 valence electrons. The van der Waals surface area contributed by atoms with Crippen molar-refractivity contribution in [3.05, 3.63) is 70.8 Å². The number of fused-ring (bicyclic) bond motifs is 2. The molecule has 0 bridgehead atoms. The second-order valence-electron chi connectivity index (χ2n) is 10.4. The van der Waals surface area contributed by atoms with Gasteiger partial charge in [0.25, 0.3) is 23.6 Å². The molecule has 0 saturated carbocycles. The van der Waals surface area contributed by atoms with Crippen LogP contribution < -0.4 is 34.0 Å². The summed E-state index contributed by atoms with van der Waals surface area (Å²) in [4.78, 5) is 53.2. The first kappa shape index (κ1) is 29.8. The fourth-order valence-corrected chi connectivity index (χ4v) is 4.39. The molecular weight excluding hydrogens is 592 g/mol. The number of hydrogen-bond acceptors (Lipinski definition) is 4. The summed E-state index contributed by atoms with van der Waals surface area (Å²) < 4.78 is 1.28. The number of carbonyl (C=O) groups is 4. The van der Waals surface area contributed by atoms with Crippen LogP contribution in [-0.4, -0.2) is 110 Å². The Bertz CT molecular complexity index is 1020. The number of halogens is 2. The van der Waals surface area contributed by atoms with Crippen LogP contribution in [-0.2, 0) is 0 Å². The van der Waals surface area contributed by atoms with Crippen LogP contribution >= 0.6 is 0 Å². The smallest absolute Gasteiger partial charge is 0.261 e. The fraction of sp³-hybridized carbons (Fsp3) is 0.385. The summed E-state index contributed by atoms with van der Waals surface area (Å²) in [5.41, 5.74) is 1.90.